The molecule has 1 aromatic heterocycles. The topological polar surface area (TPSA) is 75.9 Å². The van der Waals surface area contributed by atoms with E-state index in [9.17, 15) is 5.11 Å². The second-order valence-corrected chi connectivity index (χ2v) is 6.19. The minimum Gasteiger partial charge on any atom is -0.383 e. The zero-order valence-electron chi connectivity index (χ0n) is 13.3. The average molecular weight is 321 g/mol. The third-order valence-electron chi connectivity index (χ3n) is 4.57. The fourth-order valence-electron chi connectivity index (χ4n) is 3.27. The number of nitrogens with one attached hydrogen (secondary N) is 1. The Morgan fingerprint density at radius 2 is 1.88 bits per heavy atom. The second-order valence-electron chi connectivity index (χ2n) is 6.19. The Labute approximate surface area is 140 Å². The average Bonchev–Trinajstić information content (AvgIpc) is 3.20. The summed E-state index contributed by atoms with van der Waals surface area (Å²) in [6.07, 6.45) is 1.60. The number of hydrogen-bond acceptors (Lipinski definition) is 5. The lowest BCUT2D eigenvalue weighted by atomic mass is 9.96. The Bertz CT molecular complexity index is 832. The maximum absolute atomic E-state index is 11.0. The molecule has 3 aromatic rings. The maximum Gasteiger partial charge on any atom is 0.243 e. The first kappa shape index (κ1) is 14.8. The summed E-state index contributed by atoms with van der Waals surface area (Å²) in [7, 11) is 0. The normalized spacial score (nSPS) is 19.2. The molecule has 6 nitrogen and oxygen atoms in total. The number of aromatic nitrogens is 4. The molecule has 1 atom stereocenters. The number of aryl methyl sites for hydroxylation is 1. The lowest BCUT2D eigenvalue weighted by molar-refractivity contribution is 0.0524. The maximum atomic E-state index is 11.0. The summed E-state index contributed by atoms with van der Waals surface area (Å²) < 4.78 is 1.71. The van der Waals surface area contributed by atoms with Crippen LogP contribution in [0.1, 0.15) is 23.1 Å². The fourth-order valence-corrected chi connectivity index (χ4v) is 3.27. The van der Waals surface area contributed by atoms with Crippen molar-refractivity contribution in [3.05, 3.63) is 71.3 Å². The molecule has 1 aliphatic rings. The minimum absolute atomic E-state index is 0.388. The number of hydrogen-bond donors (Lipinski definition) is 2. The number of nitrogens with zero attached hydrogens (tertiary/aromatic N) is 4. The van der Waals surface area contributed by atoms with Crippen LogP contribution in [0.2, 0.25) is 0 Å². The molecule has 0 bridgehead atoms. The van der Waals surface area contributed by atoms with Gasteiger partial charge in [-0.25, -0.2) is 4.68 Å². The molecule has 4 rings (SSSR count). The zero-order chi connectivity index (χ0) is 16.4. The largest absolute Gasteiger partial charge is 0.383 e. The number of fused-ring (bicyclic) bond motifs is 1. The van der Waals surface area contributed by atoms with Crippen LogP contribution < -0.4 is 5.32 Å². The first-order valence-electron chi connectivity index (χ1n) is 8.09. The highest BCUT2D eigenvalue weighted by molar-refractivity contribution is 5.39. The van der Waals surface area contributed by atoms with Crippen molar-refractivity contribution in [3.8, 4) is 0 Å². The van der Waals surface area contributed by atoms with Crippen molar-refractivity contribution in [2.45, 2.75) is 25.0 Å². The van der Waals surface area contributed by atoms with Gasteiger partial charge in [0.05, 0.1) is 13.1 Å². The van der Waals surface area contributed by atoms with Crippen molar-refractivity contribution in [1.82, 2.24) is 20.2 Å². The Morgan fingerprint density at radius 3 is 2.75 bits per heavy atom. The van der Waals surface area contributed by atoms with Gasteiger partial charge in [0, 0.05) is 0 Å². The lowest BCUT2D eigenvalue weighted by Crippen LogP contribution is -2.32. The predicted molar refractivity (Wildman–Crippen MR) is 90.5 cm³/mol. The van der Waals surface area contributed by atoms with E-state index in [1.165, 1.54) is 5.56 Å². The molecule has 6 heteroatoms. The molecule has 1 aliphatic carbocycles. The molecule has 2 aromatic carbocycles. The third kappa shape index (κ3) is 2.76. The summed E-state index contributed by atoms with van der Waals surface area (Å²) in [5, 5.41) is 26.0. The van der Waals surface area contributed by atoms with E-state index in [1.54, 1.807) is 4.68 Å². The first-order chi connectivity index (χ1) is 11.7. The molecule has 0 spiro atoms. The van der Waals surface area contributed by atoms with Crippen LogP contribution in [-0.4, -0.2) is 31.9 Å². The molecule has 1 heterocycles. The van der Waals surface area contributed by atoms with Crippen molar-refractivity contribution >= 4 is 5.95 Å². The van der Waals surface area contributed by atoms with Crippen LogP contribution in [0, 0.1) is 0 Å². The SMILES string of the molecule is OC1(CNc2nnnn2Cc2ccccc2)CCc2ccccc21. The van der Waals surface area contributed by atoms with Gasteiger partial charge in [0.1, 0.15) is 5.60 Å². The number of benzene rings is 2. The van der Waals surface area contributed by atoms with Crippen LogP contribution in [0.4, 0.5) is 5.95 Å². The predicted octanol–water partition coefficient (Wildman–Crippen LogP) is 1.97. The molecule has 0 amide bonds. The molecule has 0 saturated carbocycles. The molecule has 0 aliphatic heterocycles. The van der Waals surface area contributed by atoms with Crippen molar-refractivity contribution in [1.29, 1.82) is 0 Å². The van der Waals surface area contributed by atoms with Crippen LogP contribution in [0.3, 0.4) is 0 Å². The fraction of sp³-hybridized carbons (Fsp3) is 0.278. The van der Waals surface area contributed by atoms with Gasteiger partial charge in [0.2, 0.25) is 5.95 Å². The highest BCUT2D eigenvalue weighted by Crippen LogP contribution is 2.36. The zero-order valence-corrected chi connectivity index (χ0v) is 13.3. The van der Waals surface area contributed by atoms with Gasteiger partial charge >= 0.3 is 0 Å². The summed E-state index contributed by atoms with van der Waals surface area (Å²) in [5.74, 6) is 0.566. The lowest BCUT2D eigenvalue weighted by Gasteiger charge is -2.24. The van der Waals surface area contributed by atoms with Gasteiger partial charge in [0.25, 0.3) is 0 Å². The van der Waals surface area contributed by atoms with Gasteiger partial charge in [0.15, 0.2) is 0 Å². The monoisotopic (exact) mass is 321 g/mol. The summed E-state index contributed by atoms with van der Waals surface area (Å²) >= 11 is 0. The Hall–Kier alpha value is -2.73. The molecule has 0 saturated heterocycles. The summed E-state index contributed by atoms with van der Waals surface area (Å²) in [5.41, 5.74) is 2.46. The van der Waals surface area contributed by atoms with E-state index in [0.717, 1.165) is 17.5 Å². The third-order valence-corrected chi connectivity index (χ3v) is 4.57. The quantitative estimate of drug-likeness (QED) is 0.751. The van der Waals surface area contributed by atoms with E-state index in [-0.39, 0.29) is 0 Å². The highest BCUT2D eigenvalue weighted by atomic mass is 16.3. The molecule has 122 valence electrons. The van der Waals surface area contributed by atoms with E-state index >= 15 is 0 Å². The smallest absolute Gasteiger partial charge is 0.243 e. The number of anilines is 1. The van der Waals surface area contributed by atoms with Crippen molar-refractivity contribution in [2.75, 3.05) is 11.9 Å². The van der Waals surface area contributed by atoms with E-state index in [4.69, 9.17) is 0 Å². The Kier molecular flexibility index (Phi) is 3.74. The van der Waals surface area contributed by atoms with Crippen LogP contribution in [0.5, 0.6) is 0 Å². The van der Waals surface area contributed by atoms with Crippen LogP contribution >= 0.6 is 0 Å². The van der Waals surface area contributed by atoms with Crippen molar-refractivity contribution < 1.29 is 5.11 Å². The molecule has 0 fully saturated rings. The number of rotatable bonds is 5. The molecular weight excluding hydrogens is 302 g/mol. The first-order valence-corrected chi connectivity index (χ1v) is 8.09. The molecule has 24 heavy (non-hydrogen) atoms. The van der Waals surface area contributed by atoms with Gasteiger partial charge in [-0.3, -0.25) is 0 Å². The second kappa shape index (κ2) is 6.05. The van der Waals surface area contributed by atoms with Crippen molar-refractivity contribution in [2.24, 2.45) is 0 Å². The van der Waals surface area contributed by atoms with Gasteiger partial charge in [-0.2, -0.15) is 0 Å². The van der Waals surface area contributed by atoms with E-state index < -0.39 is 5.60 Å². The van der Waals surface area contributed by atoms with Gasteiger partial charge in [-0.1, -0.05) is 59.7 Å². The Morgan fingerprint density at radius 1 is 1.08 bits per heavy atom. The molecule has 1 unspecified atom stereocenters. The molecule has 2 N–H and O–H groups in total. The van der Waals surface area contributed by atoms with Gasteiger partial charge in [-0.05, 0) is 40.0 Å². The summed E-state index contributed by atoms with van der Waals surface area (Å²) in [6, 6.07) is 18.1. The van der Waals surface area contributed by atoms with E-state index in [1.807, 2.05) is 48.5 Å². The van der Waals surface area contributed by atoms with E-state index in [2.05, 4.69) is 26.9 Å². The molecule has 0 radical (unpaired) electrons. The number of aliphatic hydroxyl groups is 1. The van der Waals surface area contributed by atoms with Crippen LogP contribution in [0.25, 0.3) is 0 Å². The minimum atomic E-state index is -0.875. The van der Waals surface area contributed by atoms with Crippen LogP contribution in [0.15, 0.2) is 54.6 Å². The van der Waals surface area contributed by atoms with Gasteiger partial charge in [-0.15, -0.1) is 0 Å². The van der Waals surface area contributed by atoms with Gasteiger partial charge < -0.3 is 10.4 Å². The number of tetrazole rings is 1. The summed E-state index contributed by atoms with van der Waals surface area (Å²) in [4.78, 5) is 0. The standard InChI is InChI=1S/C18H19N5O/c24-18(11-10-15-8-4-5-9-16(15)18)13-19-17-20-21-22-23(17)12-14-6-2-1-3-7-14/h1-9,24H,10-13H2,(H,19,20,22). The molecular formula is C18H19N5O. The van der Waals surface area contributed by atoms with Crippen LogP contribution in [-0.2, 0) is 18.6 Å². The highest BCUT2D eigenvalue weighted by Gasteiger charge is 2.36. The van der Waals surface area contributed by atoms with E-state index in [0.29, 0.717) is 25.5 Å². The summed E-state index contributed by atoms with van der Waals surface area (Å²) in [6.45, 7) is 0.977. The van der Waals surface area contributed by atoms with Crippen molar-refractivity contribution in [3.63, 3.8) is 0 Å². The Balaban J connectivity index is 1.49.